The lowest BCUT2D eigenvalue weighted by atomic mass is 9.94. The molecule has 3 N–H and O–H groups in total. The number of ether oxygens (including phenoxy) is 1. The minimum absolute atomic E-state index is 0.0682. The molecule has 3 aromatic rings. The van der Waals surface area contributed by atoms with Gasteiger partial charge in [-0.2, -0.15) is 4.98 Å². The van der Waals surface area contributed by atoms with Gasteiger partial charge in [0.25, 0.3) is 5.91 Å². The number of carbonyl (C=O) groups excluding carboxylic acids is 2. The fourth-order valence-corrected chi connectivity index (χ4v) is 5.81. The number of carbonyl (C=O) groups is 2. The topological polar surface area (TPSA) is 138 Å². The zero-order chi connectivity index (χ0) is 29.8. The molecule has 5 heterocycles. The van der Waals surface area contributed by atoms with E-state index >= 15 is 0 Å². The Kier molecular flexibility index (Phi) is 8.73. The van der Waals surface area contributed by atoms with Crippen LogP contribution in [0.5, 0.6) is 5.75 Å². The normalized spacial score (nSPS) is 18.5. The molecule has 0 spiro atoms. The summed E-state index contributed by atoms with van der Waals surface area (Å²) >= 11 is 0. The van der Waals surface area contributed by atoms with Gasteiger partial charge >= 0.3 is 0 Å². The highest BCUT2D eigenvalue weighted by molar-refractivity contribution is 5.93. The largest absolute Gasteiger partial charge is 0.486 e. The van der Waals surface area contributed by atoms with Gasteiger partial charge in [-0.3, -0.25) is 9.59 Å². The molecule has 1 aromatic carbocycles. The smallest absolute Gasteiger partial charge is 0.270 e. The Bertz CT molecular complexity index is 1450. The second-order valence-corrected chi connectivity index (χ2v) is 11.7. The first-order valence-electron chi connectivity index (χ1n) is 15.2. The molecule has 12 heteroatoms. The average Bonchev–Trinajstić information content (AvgIpc) is 3.42. The number of nitrogens with zero attached hydrogens (tertiary/aromatic N) is 5. The number of fused-ring (bicyclic) bond motifs is 1. The molecule has 0 aliphatic carbocycles. The number of rotatable bonds is 10. The van der Waals surface area contributed by atoms with Crippen molar-refractivity contribution in [2.24, 2.45) is 0 Å². The van der Waals surface area contributed by atoms with Gasteiger partial charge in [0, 0.05) is 58.3 Å². The van der Waals surface area contributed by atoms with E-state index in [0.717, 1.165) is 62.5 Å². The van der Waals surface area contributed by atoms with Crippen molar-refractivity contribution in [3.8, 4) is 5.75 Å². The van der Waals surface area contributed by atoms with Gasteiger partial charge in [0.2, 0.25) is 11.9 Å². The highest BCUT2D eigenvalue weighted by atomic mass is 16.5. The number of hydrogen-bond donors (Lipinski definition) is 3. The number of oxazole rings is 1. The molecule has 2 amide bonds. The van der Waals surface area contributed by atoms with Gasteiger partial charge < -0.3 is 34.9 Å². The Morgan fingerprint density at radius 3 is 2.72 bits per heavy atom. The average molecular weight is 589 g/mol. The van der Waals surface area contributed by atoms with Gasteiger partial charge in [-0.15, -0.1) is 0 Å². The number of hydrogen-bond acceptors (Lipinski definition) is 10. The molecule has 12 nitrogen and oxygen atoms in total. The molecule has 3 aliphatic rings. The van der Waals surface area contributed by atoms with E-state index in [0.29, 0.717) is 43.7 Å². The third-order valence-corrected chi connectivity index (χ3v) is 8.48. The summed E-state index contributed by atoms with van der Waals surface area (Å²) in [7, 11) is 0. The second kappa shape index (κ2) is 13.0. The number of anilines is 2. The third kappa shape index (κ3) is 7.07. The summed E-state index contributed by atoms with van der Waals surface area (Å²) in [6.45, 7) is 8.14. The first kappa shape index (κ1) is 28.9. The van der Waals surface area contributed by atoms with Crippen molar-refractivity contribution in [2.45, 2.75) is 71.2 Å². The van der Waals surface area contributed by atoms with Gasteiger partial charge in [0.05, 0.1) is 11.7 Å². The van der Waals surface area contributed by atoms with Crippen molar-refractivity contribution >= 4 is 23.6 Å². The number of aromatic nitrogens is 3. The van der Waals surface area contributed by atoms with Crippen molar-refractivity contribution in [3.63, 3.8) is 0 Å². The molecule has 2 aromatic heterocycles. The number of piperidine rings is 1. The Morgan fingerprint density at radius 2 is 1.95 bits per heavy atom. The van der Waals surface area contributed by atoms with Crippen LogP contribution in [-0.2, 0) is 24.4 Å². The molecule has 0 saturated carbocycles. The summed E-state index contributed by atoms with van der Waals surface area (Å²) in [5.74, 6) is 2.61. The van der Waals surface area contributed by atoms with Crippen LogP contribution in [0, 0.1) is 6.92 Å². The predicted octanol–water partition coefficient (Wildman–Crippen LogP) is 2.82. The molecule has 3 aliphatic heterocycles. The maximum Gasteiger partial charge on any atom is 0.270 e. The number of aryl methyl sites for hydroxylation is 1. The van der Waals surface area contributed by atoms with Gasteiger partial charge in [0.15, 0.2) is 12.2 Å². The van der Waals surface area contributed by atoms with Crippen LogP contribution in [0.4, 0.5) is 11.8 Å². The lowest BCUT2D eigenvalue weighted by molar-refractivity contribution is -0.132. The summed E-state index contributed by atoms with van der Waals surface area (Å²) in [4.78, 5) is 42.3. The van der Waals surface area contributed by atoms with Gasteiger partial charge in [-0.25, -0.2) is 9.97 Å². The summed E-state index contributed by atoms with van der Waals surface area (Å²) in [5, 5.41) is 10.1. The van der Waals surface area contributed by atoms with E-state index in [1.54, 1.807) is 17.9 Å². The molecule has 43 heavy (non-hydrogen) atoms. The first-order valence-corrected chi connectivity index (χ1v) is 15.2. The molecule has 1 atom stereocenters. The molecule has 0 bridgehead atoms. The fraction of sp³-hybridized carbons (Fsp3) is 0.516. The number of amides is 2. The van der Waals surface area contributed by atoms with Crippen molar-refractivity contribution in [2.75, 3.05) is 42.9 Å². The lowest BCUT2D eigenvalue weighted by Crippen LogP contribution is -2.56. The molecule has 2 fully saturated rings. The van der Waals surface area contributed by atoms with E-state index in [2.05, 4.69) is 43.0 Å². The highest BCUT2D eigenvalue weighted by Crippen LogP contribution is 2.25. The van der Waals surface area contributed by atoms with Crippen molar-refractivity contribution in [3.05, 3.63) is 58.9 Å². The van der Waals surface area contributed by atoms with E-state index in [1.807, 2.05) is 13.0 Å². The standard InChI is InChI=1S/C31H40N8O4/c1-20-28(43-19-34-20)18-42-26-7-6-22-12-24(33-15-23(22)13-26)8-9-32-30(41)27-14-29(35-25-16-39(17-25)21(2)40)37-31(36-27)38-10-4-3-5-11-38/h6-7,13-14,19,24-25,33H,3-5,8-12,15-18H2,1-2H3,(H,32,41)(H,35,36,37)/t24-/m1/s1. The second-order valence-electron chi connectivity index (χ2n) is 11.7. The molecule has 2 saturated heterocycles. The van der Waals surface area contributed by atoms with E-state index in [4.69, 9.17) is 14.1 Å². The van der Waals surface area contributed by atoms with Gasteiger partial charge in [0.1, 0.15) is 23.9 Å². The Labute approximate surface area is 251 Å². The summed E-state index contributed by atoms with van der Waals surface area (Å²) < 4.78 is 11.3. The van der Waals surface area contributed by atoms with Crippen LogP contribution in [0.3, 0.4) is 0 Å². The maximum atomic E-state index is 13.2. The van der Waals surface area contributed by atoms with E-state index in [9.17, 15) is 9.59 Å². The zero-order valence-electron chi connectivity index (χ0n) is 24.9. The van der Waals surface area contributed by atoms with Crippen molar-refractivity contribution in [1.29, 1.82) is 0 Å². The van der Waals surface area contributed by atoms with Crippen molar-refractivity contribution in [1.82, 2.24) is 30.5 Å². The monoisotopic (exact) mass is 588 g/mol. The van der Waals surface area contributed by atoms with Crippen LogP contribution < -0.4 is 25.6 Å². The summed E-state index contributed by atoms with van der Waals surface area (Å²) in [6, 6.07) is 8.29. The Hall–Kier alpha value is -4.19. The van der Waals surface area contributed by atoms with Crippen LogP contribution in [0.2, 0.25) is 0 Å². The zero-order valence-corrected chi connectivity index (χ0v) is 24.9. The van der Waals surface area contributed by atoms with Crippen LogP contribution in [0.25, 0.3) is 0 Å². The molecule has 6 rings (SSSR count). The van der Waals surface area contributed by atoms with E-state index < -0.39 is 0 Å². The Morgan fingerprint density at radius 1 is 1.12 bits per heavy atom. The van der Waals surface area contributed by atoms with Crippen LogP contribution in [0.15, 0.2) is 35.1 Å². The molecule has 228 valence electrons. The van der Waals surface area contributed by atoms with Crippen molar-refractivity contribution < 1.29 is 18.7 Å². The molecule has 0 unspecified atom stereocenters. The molecule has 0 radical (unpaired) electrons. The third-order valence-electron chi connectivity index (χ3n) is 8.48. The van der Waals surface area contributed by atoms with E-state index in [-0.39, 0.29) is 23.9 Å². The summed E-state index contributed by atoms with van der Waals surface area (Å²) in [5.41, 5.74) is 3.70. The number of benzene rings is 1. The number of likely N-dealkylation sites (tertiary alicyclic amines) is 1. The van der Waals surface area contributed by atoms with Gasteiger partial charge in [-0.05, 0) is 62.3 Å². The van der Waals surface area contributed by atoms with E-state index in [1.165, 1.54) is 23.9 Å². The minimum atomic E-state index is -0.206. The van der Waals surface area contributed by atoms with Crippen LogP contribution in [-0.4, -0.2) is 76.5 Å². The van der Waals surface area contributed by atoms with Crippen LogP contribution in [0.1, 0.15) is 65.7 Å². The lowest BCUT2D eigenvalue weighted by Gasteiger charge is -2.39. The quantitative estimate of drug-likeness (QED) is 0.324. The Balaban J connectivity index is 1.03. The fourth-order valence-electron chi connectivity index (χ4n) is 5.81. The molecular weight excluding hydrogens is 548 g/mol. The minimum Gasteiger partial charge on any atom is -0.486 e. The highest BCUT2D eigenvalue weighted by Gasteiger charge is 2.29. The number of nitrogens with one attached hydrogen (secondary N) is 3. The predicted molar refractivity (Wildman–Crippen MR) is 161 cm³/mol. The molecular formula is C31H40N8O4. The SMILES string of the molecule is CC(=O)N1CC(Nc2cc(C(=O)NCC[C@@H]3Cc4ccc(OCc5ocnc5C)cc4CN3)nc(N3CCCCC3)n2)C1. The first-order chi connectivity index (χ1) is 20.9. The maximum absolute atomic E-state index is 13.2. The summed E-state index contributed by atoms with van der Waals surface area (Å²) in [6.07, 6.45) is 6.49. The van der Waals surface area contributed by atoms with Crippen LogP contribution >= 0.6 is 0 Å². The van der Waals surface area contributed by atoms with Gasteiger partial charge in [-0.1, -0.05) is 6.07 Å².